The fourth-order valence-corrected chi connectivity index (χ4v) is 3.32. The second-order valence-electron chi connectivity index (χ2n) is 4.56. The lowest BCUT2D eigenvalue weighted by Crippen LogP contribution is -2.15. The Morgan fingerprint density at radius 2 is 2.10 bits per heavy atom. The van der Waals surface area contributed by atoms with Gasteiger partial charge in [0.2, 0.25) is 0 Å². The molecule has 2 aromatic rings. The molecule has 0 atom stereocenters. The summed E-state index contributed by atoms with van der Waals surface area (Å²) in [5, 5.41) is 15.8. The first-order valence-corrected chi connectivity index (χ1v) is 7.69. The third kappa shape index (κ3) is 3.01. The zero-order valence-corrected chi connectivity index (χ0v) is 12.8. The van der Waals surface area contributed by atoms with E-state index in [2.05, 4.69) is 14.9 Å². The number of anilines is 1. The van der Waals surface area contributed by atoms with Crippen molar-refractivity contribution in [2.75, 3.05) is 11.8 Å². The molecule has 0 aliphatic carbocycles. The van der Waals surface area contributed by atoms with Gasteiger partial charge in [-0.1, -0.05) is 6.07 Å². The summed E-state index contributed by atoms with van der Waals surface area (Å²) in [6.45, 7) is 3.16. The largest absolute Gasteiger partial charge is 0.495 e. The number of H-pyrrole nitrogens is 1. The van der Waals surface area contributed by atoms with Crippen LogP contribution in [-0.2, 0) is 16.6 Å². The number of aliphatic hydroxyl groups excluding tert-OH is 1. The number of hydrogen-bond acceptors (Lipinski definition) is 5. The smallest absolute Gasteiger partial charge is 0.265 e. The Kier molecular flexibility index (Phi) is 4.19. The summed E-state index contributed by atoms with van der Waals surface area (Å²) >= 11 is 0. The van der Waals surface area contributed by atoms with Crippen LogP contribution in [0.2, 0.25) is 0 Å². The quantitative estimate of drug-likeness (QED) is 0.772. The Labute approximate surface area is 123 Å². The van der Waals surface area contributed by atoms with Gasteiger partial charge in [0.05, 0.1) is 30.8 Å². The van der Waals surface area contributed by atoms with Gasteiger partial charge in [-0.3, -0.25) is 9.82 Å². The average Bonchev–Trinajstić information content (AvgIpc) is 2.78. The van der Waals surface area contributed by atoms with Crippen LogP contribution in [0.25, 0.3) is 0 Å². The molecule has 0 saturated heterocycles. The normalized spacial score (nSPS) is 11.4. The maximum Gasteiger partial charge on any atom is 0.265 e. The van der Waals surface area contributed by atoms with E-state index in [1.807, 2.05) is 0 Å². The third-order valence-electron chi connectivity index (χ3n) is 3.06. The number of sulfonamides is 1. The Hall–Kier alpha value is -2.06. The molecule has 1 aromatic heterocycles. The number of rotatable bonds is 5. The van der Waals surface area contributed by atoms with E-state index in [1.54, 1.807) is 19.9 Å². The van der Waals surface area contributed by atoms with Crippen LogP contribution in [0.3, 0.4) is 0 Å². The predicted molar refractivity (Wildman–Crippen MR) is 77.8 cm³/mol. The third-order valence-corrected chi connectivity index (χ3v) is 4.44. The monoisotopic (exact) mass is 311 g/mol. The minimum atomic E-state index is -3.85. The molecule has 0 aliphatic rings. The van der Waals surface area contributed by atoms with E-state index >= 15 is 0 Å². The van der Waals surface area contributed by atoms with Crippen LogP contribution >= 0.6 is 0 Å². The molecule has 0 radical (unpaired) electrons. The van der Waals surface area contributed by atoms with Crippen LogP contribution < -0.4 is 9.46 Å². The van der Waals surface area contributed by atoms with Crippen molar-refractivity contribution >= 4 is 15.7 Å². The maximum atomic E-state index is 12.5. The van der Waals surface area contributed by atoms with Gasteiger partial charge in [-0.05, 0) is 31.5 Å². The second kappa shape index (κ2) is 5.74. The lowest BCUT2D eigenvalue weighted by molar-refractivity contribution is 0.281. The van der Waals surface area contributed by atoms with Crippen LogP contribution in [0.15, 0.2) is 23.1 Å². The highest BCUT2D eigenvalue weighted by molar-refractivity contribution is 7.92. The van der Waals surface area contributed by atoms with Crippen molar-refractivity contribution < 1.29 is 18.3 Å². The number of methoxy groups -OCH3 is 1. The molecular weight excluding hydrogens is 294 g/mol. The van der Waals surface area contributed by atoms with E-state index in [9.17, 15) is 8.42 Å². The van der Waals surface area contributed by atoms with Crippen LogP contribution in [0.1, 0.15) is 17.0 Å². The summed E-state index contributed by atoms with van der Waals surface area (Å²) in [7, 11) is -2.46. The molecule has 0 fully saturated rings. The fourth-order valence-electron chi connectivity index (χ4n) is 1.92. The predicted octanol–water partition coefficient (Wildman–Crippen LogP) is 1.33. The molecule has 0 bridgehead atoms. The molecule has 1 heterocycles. The number of aromatic amines is 1. The lowest BCUT2D eigenvalue weighted by atomic mass is 10.2. The molecule has 114 valence electrons. The van der Waals surface area contributed by atoms with Crippen LogP contribution in [0.5, 0.6) is 5.75 Å². The zero-order chi connectivity index (χ0) is 15.6. The molecule has 3 N–H and O–H groups in total. The Balaban J connectivity index is 2.49. The molecule has 0 aliphatic heterocycles. The van der Waals surface area contributed by atoms with Crippen LogP contribution in [-0.4, -0.2) is 30.8 Å². The summed E-state index contributed by atoms with van der Waals surface area (Å²) in [4.78, 5) is -0.0310. The number of nitrogens with one attached hydrogen (secondary N) is 2. The van der Waals surface area contributed by atoms with Crippen LogP contribution in [0.4, 0.5) is 5.69 Å². The van der Waals surface area contributed by atoms with Crippen molar-refractivity contribution in [3.8, 4) is 5.75 Å². The highest BCUT2D eigenvalue weighted by Gasteiger charge is 2.22. The average molecular weight is 311 g/mol. The van der Waals surface area contributed by atoms with E-state index in [0.29, 0.717) is 22.6 Å². The fraction of sp³-hybridized carbons (Fsp3) is 0.308. The summed E-state index contributed by atoms with van der Waals surface area (Å²) in [5.41, 5.74) is 2.06. The molecule has 1 aromatic carbocycles. The maximum absolute atomic E-state index is 12.5. The minimum absolute atomic E-state index is 0.0310. The van der Waals surface area contributed by atoms with Gasteiger partial charge in [0.15, 0.2) is 0 Å². The number of nitrogens with zero attached hydrogens (tertiary/aromatic N) is 1. The minimum Gasteiger partial charge on any atom is -0.495 e. The molecule has 7 nitrogen and oxygen atoms in total. The highest BCUT2D eigenvalue weighted by Crippen LogP contribution is 2.28. The van der Waals surface area contributed by atoms with Crippen molar-refractivity contribution in [1.29, 1.82) is 0 Å². The van der Waals surface area contributed by atoms with Gasteiger partial charge >= 0.3 is 0 Å². The molecule has 0 unspecified atom stereocenters. The van der Waals surface area contributed by atoms with E-state index < -0.39 is 10.0 Å². The molecule has 0 saturated carbocycles. The van der Waals surface area contributed by atoms with Gasteiger partial charge in [0.25, 0.3) is 10.0 Å². The summed E-state index contributed by atoms with van der Waals surface area (Å²) in [6, 6.07) is 4.49. The number of hydrogen-bond donors (Lipinski definition) is 3. The highest BCUT2D eigenvalue weighted by atomic mass is 32.2. The van der Waals surface area contributed by atoms with E-state index in [1.165, 1.54) is 19.2 Å². The molecule has 0 spiro atoms. The van der Waals surface area contributed by atoms with Gasteiger partial charge in [0.1, 0.15) is 10.6 Å². The number of aromatic nitrogens is 2. The van der Waals surface area contributed by atoms with E-state index in [4.69, 9.17) is 9.84 Å². The van der Waals surface area contributed by atoms with E-state index in [0.717, 1.165) is 0 Å². The Morgan fingerprint density at radius 1 is 1.38 bits per heavy atom. The zero-order valence-electron chi connectivity index (χ0n) is 12.0. The van der Waals surface area contributed by atoms with Gasteiger partial charge in [0, 0.05) is 0 Å². The summed E-state index contributed by atoms with van der Waals surface area (Å²) in [5.74, 6) is 0.207. The van der Waals surface area contributed by atoms with E-state index in [-0.39, 0.29) is 17.3 Å². The first-order valence-electron chi connectivity index (χ1n) is 6.21. The molecule has 0 amide bonds. The van der Waals surface area contributed by atoms with Gasteiger partial charge in [-0.25, -0.2) is 8.42 Å². The van der Waals surface area contributed by atoms with Crippen molar-refractivity contribution in [2.24, 2.45) is 0 Å². The van der Waals surface area contributed by atoms with Crippen LogP contribution in [0, 0.1) is 13.8 Å². The SMILES string of the molecule is COc1ccc(CO)cc1S(=O)(=O)Nc1c(C)n[nH]c1C. The summed E-state index contributed by atoms with van der Waals surface area (Å²) < 4.78 is 32.7. The Bertz CT molecular complexity index is 733. The second-order valence-corrected chi connectivity index (χ2v) is 6.21. The van der Waals surface area contributed by atoms with Crippen molar-refractivity contribution in [3.05, 3.63) is 35.2 Å². The van der Waals surface area contributed by atoms with Gasteiger partial charge < -0.3 is 9.84 Å². The Morgan fingerprint density at radius 3 is 2.62 bits per heavy atom. The molecule has 21 heavy (non-hydrogen) atoms. The number of ether oxygens (including phenoxy) is 1. The molecule has 8 heteroatoms. The van der Waals surface area contributed by atoms with Gasteiger partial charge in [-0.2, -0.15) is 5.10 Å². The molecular formula is C13H17N3O4S. The number of benzene rings is 1. The number of aryl methyl sites for hydroxylation is 2. The standard InChI is InChI=1S/C13H17N3O4S/c1-8-13(9(2)15-14-8)16-21(18,19)12-6-10(7-17)4-5-11(12)20-3/h4-6,16-17H,7H2,1-3H3,(H,14,15). The van der Waals surface area contributed by atoms with Crippen molar-refractivity contribution in [2.45, 2.75) is 25.3 Å². The number of aliphatic hydroxyl groups is 1. The van der Waals surface area contributed by atoms with Gasteiger partial charge in [-0.15, -0.1) is 0 Å². The van der Waals surface area contributed by atoms with Crippen molar-refractivity contribution in [3.63, 3.8) is 0 Å². The molecule has 2 rings (SSSR count). The summed E-state index contributed by atoms with van der Waals surface area (Å²) in [6.07, 6.45) is 0. The first kappa shape index (κ1) is 15.3. The lowest BCUT2D eigenvalue weighted by Gasteiger charge is -2.12. The first-order chi connectivity index (χ1) is 9.89. The topological polar surface area (TPSA) is 104 Å². The van der Waals surface area contributed by atoms with Crippen molar-refractivity contribution in [1.82, 2.24) is 10.2 Å².